The average Bonchev–Trinajstić information content (AvgIpc) is 3.17. The van der Waals surface area contributed by atoms with Crippen molar-refractivity contribution in [1.82, 2.24) is 0 Å². The quantitative estimate of drug-likeness (QED) is 0.174. The fraction of sp³-hybridized carbons (Fsp3) is 0.125. The zero-order valence-corrected chi connectivity index (χ0v) is 29.9. The minimum atomic E-state index is -0.158. The molecule has 7 aromatic carbocycles. The van der Waals surface area contributed by atoms with Crippen molar-refractivity contribution in [3.8, 4) is 0 Å². The fourth-order valence-corrected chi connectivity index (χ4v) is 10.0. The van der Waals surface area contributed by atoms with E-state index < -0.39 is 0 Å². The lowest BCUT2D eigenvalue weighted by molar-refractivity contribution is 0.632. The van der Waals surface area contributed by atoms with Gasteiger partial charge in [-0.3, -0.25) is 0 Å². The maximum atomic E-state index is 2.60. The third-order valence-corrected chi connectivity index (χ3v) is 12.4. The normalized spacial score (nSPS) is 15.9. The Labute approximate surface area is 306 Å². The Morgan fingerprint density at radius 3 is 1.27 bits per heavy atom. The Hall–Kier alpha value is -6.00. The van der Waals surface area contributed by atoms with E-state index in [0.717, 1.165) is 17.1 Å². The summed E-state index contributed by atoms with van der Waals surface area (Å²) in [7, 11) is 0. The van der Waals surface area contributed by atoms with E-state index in [1.807, 2.05) is 0 Å². The molecule has 0 N–H and O–H groups in total. The van der Waals surface area contributed by atoms with E-state index in [-0.39, 0.29) is 17.5 Å². The molecule has 4 aliphatic rings. The smallest absolute Gasteiger partial charge is 0.252 e. The molecule has 0 bridgehead atoms. The molecule has 0 fully saturated rings. The molecule has 0 saturated carbocycles. The zero-order chi connectivity index (χ0) is 34.9. The van der Waals surface area contributed by atoms with Gasteiger partial charge >= 0.3 is 0 Å². The Bertz CT molecular complexity index is 2430. The number of rotatable bonds is 3. The second-order valence-corrected chi connectivity index (χ2v) is 15.8. The van der Waals surface area contributed by atoms with Crippen LogP contribution in [-0.4, -0.2) is 6.71 Å². The minimum absolute atomic E-state index is 0.0838. The average molecular weight is 668 g/mol. The van der Waals surface area contributed by atoms with Crippen molar-refractivity contribution in [2.45, 2.75) is 38.5 Å². The van der Waals surface area contributed by atoms with E-state index in [2.05, 4.69) is 200 Å². The lowest BCUT2D eigenvalue weighted by atomic mass is 9.32. The first-order valence-corrected chi connectivity index (χ1v) is 18.5. The molecule has 0 aliphatic carbocycles. The SMILES string of the molecule is CC1(C)c2ccccc2N2c3cc(N(c4ccccc4)c4ccccc4)cc4c3B(c3cccc1c32)c1cccc2c1N4c1ccccc1C2(C)C. The van der Waals surface area contributed by atoms with Gasteiger partial charge in [0.1, 0.15) is 0 Å². The summed E-state index contributed by atoms with van der Waals surface area (Å²) in [5, 5.41) is 0. The molecule has 0 unspecified atom stereocenters. The van der Waals surface area contributed by atoms with Crippen molar-refractivity contribution < 1.29 is 0 Å². The van der Waals surface area contributed by atoms with Crippen LogP contribution < -0.4 is 31.1 Å². The number of benzene rings is 7. The molecule has 3 nitrogen and oxygen atoms in total. The van der Waals surface area contributed by atoms with Gasteiger partial charge in [-0.05, 0) is 87.2 Å². The molecule has 4 heteroatoms. The molecule has 0 radical (unpaired) electrons. The van der Waals surface area contributed by atoms with Gasteiger partial charge in [-0.25, -0.2) is 0 Å². The van der Waals surface area contributed by atoms with Crippen LogP contribution in [0.25, 0.3) is 0 Å². The van der Waals surface area contributed by atoms with Crippen molar-refractivity contribution in [1.29, 1.82) is 0 Å². The Kier molecular flexibility index (Phi) is 5.88. The summed E-state index contributed by atoms with van der Waals surface area (Å²) >= 11 is 0. The van der Waals surface area contributed by atoms with E-state index in [1.54, 1.807) is 0 Å². The van der Waals surface area contributed by atoms with Crippen molar-refractivity contribution in [3.05, 3.63) is 180 Å². The number of hydrogen-bond donors (Lipinski definition) is 0. The first-order valence-electron chi connectivity index (χ1n) is 18.5. The predicted octanol–water partition coefficient (Wildman–Crippen LogP) is 10.5. The summed E-state index contributed by atoms with van der Waals surface area (Å²) in [6.45, 7) is 9.68. The van der Waals surface area contributed by atoms with Crippen LogP contribution in [0, 0.1) is 0 Å². The monoisotopic (exact) mass is 667 g/mol. The number of para-hydroxylation sites is 6. The van der Waals surface area contributed by atoms with E-state index in [9.17, 15) is 0 Å². The molecular weight excluding hydrogens is 629 g/mol. The molecule has 4 aliphatic heterocycles. The molecule has 248 valence electrons. The van der Waals surface area contributed by atoms with Crippen molar-refractivity contribution in [2.24, 2.45) is 0 Å². The lowest BCUT2D eigenvalue weighted by Gasteiger charge is -2.52. The molecule has 52 heavy (non-hydrogen) atoms. The van der Waals surface area contributed by atoms with Crippen LogP contribution in [0.2, 0.25) is 0 Å². The molecule has 7 aromatic rings. The number of anilines is 9. The Balaban J connectivity index is 1.31. The van der Waals surface area contributed by atoms with Crippen LogP contribution in [-0.2, 0) is 10.8 Å². The first-order chi connectivity index (χ1) is 25.4. The maximum absolute atomic E-state index is 2.60. The maximum Gasteiger partial charge on any atom is 0.252 e. The predicted molar refractivity (Wildman–Crippen MR) is 219 cm³/mol. The Morgan fingerprint density at radius 2 is 0.808 bits per heavy atom. The highest BCUT2D eigenvalue weighted by molar-refractivity contribution is 7.00. The standard InChI is InChI=1S/C48H38BN3/c1-47(2)34-21-11-13-27-40(34)51-42-29-33(50(31-17-7-5-8-18-31)32-19-9-6-10-20-32)30-43-44(42)49(38-25-15-23-36(47)45(38)51)39-26-16-24-37-46(39)52(43)41-28-14-12-22-35(41)48(37,3)4/h5-30H,1-4H3. The summed E-state index contributed by atoms with van der Waals surface area (Å²) in [4.78, 5) is 7.63. The van der Waals surface area contributed by atoms with Gasteiger partial charge < -0.3 is 14.7 Å². The largest absolute Gasteiger partial charge is 0.311 e. The molecule has 0 saturated heterocycles. The third kappa shape index (κ3) is 3.72. The highest BCUT2D eigenvalue weighted by atomic mass is 15.2. The van der Waals surface area contributed by atoms with Gasteiger partial charge in [0.05, 0.1) is 17.1 Å². The summed E-state index contributed by atoms with van der Waals surface area (Å²) in [6, 6.07) is 58.8. The highest BCUT2D eigenvalue weighted by Crippen LogP contribution is 2.57. The van der Waals surface area contributed by atoms with Crippen LogP contribution in [0.15, 0.2) is 158 Å². The van der Waals surface area contributed by atoms with Crippen LogP contribution in [0.3, 0.4) is 0 Å². The molecule has 4 heterocycles. The molecule has 0 amide bonds. The number of fused-ring (bicyclic) bond motifs is 8. The van der Waals surface area contributed by atoms with E-state index in [1.165, 1.54) is 72.8 Å². The zero-order valence-electron chi connectivity index (χ0n) is 29.9. The van der Waals surface area contributed by atoms with Crippen LogP contribution in [0.1, 0.15) is 49.9 Å². The second-order valence-electron chi connectivity index (χ2n) is 15.8. The van der Waals surface area contributed by atoms with Gasteiger partial charge in [0.25, 0.3) is 6.71 Å². The first kappa shape index (κ1) is 29.7. The summed E-state index contributed by atoms with van der Waals surface area (Å²) in [6.07, 6.45) is 0. The van der Waals surface area contributed by atoms with Gasteiger partial charge in [-0.15, -0.1) is 0 Å². The van der Waals surface area contributed by atoms with Gasteiger partial charge in [-0.1, -0.05) is 137 Å². The summed E-state index contributed by atoms with van der Waals surface area (Å²) in [5.74, 6) is 0. The van der Waals surface area contributed by atoms with Gasteiger partial charge in [-0.2, -0.15) is 0 Å². The molecule has 0 aromatic heterocycles. The van der Waals surface area contributed by atoms with Gasteiger partial charge in [0.15, 0.2) is 0 Å². The van der Waals surface area contributed by atoms with Crippen LogP contribution in [0.5, 0.6) is 0 Å². The fourth-order valence-electron chi connectivity index (χ4n) is 10.0. The molecule has 11 rings (SSSR count). The van der Waals surface area contributed by atoms with Crippen molar-refractivity contribution in [2.75, 3.05) is 14.7 Å². The Morgan fingerprint density at radius 1 is 0.404 bits per heavy atom. The minimum Gasteiger partial charge on any atom is -0.311 e. The van der Waals surface area contributed by atoms with Gasteiger partial charge in [0.2, 0.25) is 0 Å². The molecule has 0 spiro atoms. The number of hydrogen-bond acceptors (Lipinski definition) is 3. The number of nitrogens with zero attached hydrogens (tertiary/aromatic N) is 3. The van der Waals surface area contributed by atoms with Crippen LogP contribution in [0.4, 0.5) is 51.2 Å². The summed E-state index contributed by atoms with van der Waals surface area (Å²) < 4.78 is 0. The lowest BCUT2D eigenvalue weighted by Crippen LogP contribution is -2.63. The highest BCUT2D eigenvalue weighted by Gasteiger charge is 2.51. The third-order valence-electron chi connectivity index (χ3n) is 12.4. The second kappa shape index (κ2) is 10.3. The van der Waals surface area contributed by atoms with Crippen molar-refractivity contribution in [3.63, 3.8) is 0 Å². The molecule has 0 atom stereocenters. The van der Waals surface area contributed by atoms with Gasteiger partial charge in [0, 0.05) is 45.0 Å². The van der Waals surface area contributed by atoms with Crippen LogP contribution >= 0.6 is 0 Å². The molecular formula is C48H38BN3. The topological polar surface area (TPSA) is 9.72 Å². The van der Waals surface area contributed by atoms with E-state index in [4.69, 9.17) is 0 Å². The van der Waals surface area contributed by atoms with Crippen molar-refractivity contribution >= 4 is 74.3 Å². The van der Waals surface area contributed by atoms with E-state index in [0.29, 0.717) is 0 Å². The van der Waals surface area contributed by atoms with E-state index >= 15 is 0 Å². The summed E-state index contributed by atoms with van der Waals surface area (Å²) in [5.41, 5.74) is 20.3.